The number of nitrogens with one attached hydrogen (secondary N) is 2. The zero-order valence-corrected chi connectivity index (χ0v) is 30.8. The Bertz CT molecular complexity index is 2070. The van der Waals surface area contributed by atoms with Crippen molar-refractivity contribution in [2.24, 2.45) is 0 Å². The number of amides is 4. The van der Waals surface area contributed by atoms with Crippen LogP contribution in [0.1, 0.15) is 103 Å². The largest absolute Gasteiger partial charge is 0.489 e. The van der Waals surface area contributed by atoms with Gasteiger partial charge in [-0.15, -0.1) is 0 Å². The summed E-state index contributed by atoms with van der Waals surface area (Å²) >= 11 is 0. The van der Waals surface area contributed by atoms with E-state index in [1.165, 1.54) is 11.6 Å². The highest BCUT2D eigenvalue weighted by Gasteiger charge is 2.34. The van der Waals surface area contributed by atoms with Gasteiger partial charge in [0.2, 0.25) is 17.7 Å². The standard InChI is InChI=1S/C40H44F3N7O5/c1-24(2)55-33-20-35-45-31(21-50(35)22-32(33)46-39(54)30-4-3-5-34(44-30)40(41,42)43)28-12-16-48(17-13-28)23-37(52)49-18-14-26(15-19-49)25-6-8-27(9-7-25)29-10-11-36(51)47-38(29)53/h3-9,20-22,24,26,28-29H,10-19,23H2,1-2H3,(H,46,54)(H,47,51,53). The highest BCUT2D eigenvalue weighted by Crippen LogP contribution is 2.34. The van der Waals surface area contributed by atoms with Crippen LogP contribution in [0.2, 0.25) is 0 Å². The molecule has 7 rings (SSSR count). The molecule has 2 N–H and O–H groups in total. The number of likely N-dealkylation sites (tertiary alicyclic amines) is 2. The van der Waals surface area contributed by atoms with Crippen molar-refractivity contribution in [2.75, 3.05) is 38.0 Å². The summed E-state index contributed by atoms with van der Waals surface area (Å²) in [5.74, 6) is -0.593. The average Bonchev–Trinajstić information content (AvgIpc) is 3.57. The van der Waals surface area contributed by atoms with E-state index in [1.54, 1.807) is 16.7 Å². The van der Waals surface area contributed by atoms with Gasteiger partial charge in [0.15, 0.2) is 0 Å². The molecule has 1 unspecified atom stereocenters. The normalized spacial score (nSPS) is 19.2. The van der Waals surface area contributed by atoms with Gasteiger partial charge in [0.1, 0.15) is 28.5 Å². The summed E-state index contributed by atoms with van der Waals surface area (Å²) in [6.45, 7) is 6.89. The number of ether oxygens (including phenoxy) is 1. The van der Waals surface area contributed by atoms with E-state index in [0.717, 1.165) is 62.2 Å². The summed E-state index contributed by atoms with van der Waals surface area (Å²) in [7, 11) is 0. The van der Waals surface area contributed by atoms with Crippen molar-refractivity contribution >= 4 is 35.0 Å². The van der Waals surface area contributed by atoms with Crippen molar-refractivity contribution in [2.45, 2.75) is 82.4 Å². The molecule has 3 aliphatic rings. The Morgan fingerprint density at radius 2 is 1.60 bits per heavy atom. The molecule has 4 amide bonds. The van der Waals surface area contributed by atoms with Gasteiger partial charge in [-0.3, -0.25) is 29.4 Å². The topological polar surface area (TPSA) is 138 Å². The molecule has 3 aromatic heterocycles. The predicted molar refractivity (Wildman–Crippen MR) is 197 cm³/mol. The molecule has 15 heteroatoms. The molecule has 55 heavy (non-hydrogen) atoms. The summed E-state index contributed by atoms with van der Waals surface area (Å²) in [6, 6.07) is 13.0. The van der Waals surface area contributed by atoms with Gasteiger partial charge in [-0.05, 0) is 88.2 Å². The maximum atomic E-state index is 13.3. The first-order chi connectivity index (χ1) is 26.3. The Hall–Kier alpha value is -5.31. The summed E-state index contributed by atoms with van der Waals surface area (Å²) in [4.78, 5) is 62.6. The monoisotopic (exact) mass is 759 g/mol. The number of pyridine rings is 2. The third-order valence-electron chi connectivity index (χ3n) is 10.7. The Balaban J connectivity index is 0.920. The summed E-state index contributed by atoms with van der Waals surface area (Å²) in [5, 5.41) is 5.09. The van der Waals surface area contributed by atoms with E-state index >= 15 is 0 Å². The number of aromatic nitrogens is 3. The second-order valence-electron chi connectivity index (χ2n) is 14.9. The molecule has 6 heterocycles. The summed E-state index contributed by atoms with van der Waals surface area (Å²) < 4.78 is 47.4. The van der Waals surface area contributed by atoms with Crippen molar-refractivity contribution in [3.05, 3.63) is 89.1 Å². The van der Waals surface area contributed by atoms with Gasteiger partial charge in [-0.2, -0.15) is 13.2 Å². The van der Waals surface area contributed by atoms with Crippen LogP contribution >= 0.6 is 0 Å². The number of rotatable bonds is 9. The minimum atomic E-state index is -4.68. The van der Waals surface area contributed by atoms with Crippen LogP contribution in [0.15, 0.2) is 60.9 Å². The zero-order chi connectivity index (χ0) is 38.9. The molecule has 0 aliphatic carbocycles. The smallest absolute Gasteiger partial charge is 0.433 e. The Morgan fingerprint density at radius 3 is 2.27 bits per heavy atom. The molecule has 1 atom stereocenters. The summed E-state index contributed by atoms with van der Waals surface area (Å²) in [6.07, 6.45) is 2.85. The fourth-order valence-electron chi connectivity index (χ4n) is 7.74. The van der Waals surface area contributed by atoms with Gasteiger partial charge in [-0.1, -0.05) is 30.3 Å². The Kier molecular flexibility index (Phi) is 10.9. The number of carbonyl (C=O) groups is 4. The molecular formula is C40H44F3N7O5. The number of imidazole rings is 1. The van der Waals surface area contributed by atoms with E-state index in [4.69, 9.17) is 9.72 Å². The first-order valence-corrected chi connectivity index (χ1v) is 18.8. The number of alkyl halides is 3. The highest BCUT2D eigenvalue weighted by molar-refractivity contribution is 6.04. The van der Waals surface area contributed by atoms with Crippen molar-refractivity contribution < 1.29 is 37.1 Å². The lowest BCUT2D eigenvalue weighted by molar-refractivity contribution is -0.141. The first-order valence-electron chi connectivity index (χ1n) is 18.8. The number of piperidine rings is 3. The Morgan fingerprint density at radius 1 is 0.909 bits per heavy atom. The number of halogens is 3. The molecule has 0 bridgehead atoms. The van der Waals surface area contributed by atoms with Gasteiger partial charge >= 0.3 is 6.18 Å². The molecule has 3 aliphatic heterocycles. The molecule has 290 valence electrons. The maximum absolute atomic E-state index is 13.3. The lowest BCUT2D eigenvalue weighted by atomic mass is 9.86. The van der Waals surface area contributed by atoms with Crippen LogP contribution in [0.5, 0.6) is 5.75 Å². The fraction of sp³-hybridized carbons (Fsp3) is 0.450. The maximum Gasteiger partial charge on any atom is 0.433 e. The molecule has 3 saturated heterocycles. The second-order valence-corrected chi connectivity index (χ2v) is 14.9. The minimum Gasteiger partial charge on any atom is -0.489 e. The third-order valence-corrected chi connectivity index (χ3v) is 10.7. The molecule has 0 radical (unpaired) electrons. The van der Waals surface area contributed by atoms with Crippen LogP contribution in [0.25, 0.3) is 5.65 Å². The molecule has 0 spiro atoms. The number of carbonyl (C=O) groups excluding carboxylic acids is 4. The number of benzene rings is 1. The minimum absolute atomic E-state index is 0.130. The third kappa shape index (κ3) is 8.82. The number of anilines is 1. The van der Waals surface area contributed by atoms with Crippen molar-refractivity contribution in [3.63, 3.8) is 0 Å². The van der Waals surface area contributed by atoms with Crippen LogP contribution < -0.4 is 15.4 Å². The van der Waals surface area contributed by atoms with Gasteiger partial charge < -0.3 is 19.4 Å². The lowest BCUT2D eigenvalue weighted by Gasteiger charge is -2.35. The SMILES string of the molecule is CC(C)Oc1cc2nc(C3CCN(CC(=O)N4CCC(c5ccc(C6CCC(=O)NC6=O)cc5)CC4)CC3)cn2cc1NC(=O)c1cccc(C(F)(F)F)n1. The molecular weight excluding hydrogens is 715 g/mol. The molecule has 1 aromatic carbocycles. The van der Waals surface area contributed by atoms with Crippen molar-refractivity contribution in [3.8, 4) is 5.75 Å². The molecule has 4 aromatic rings. The first kappa shape index (κ1) is 38.0. The highest BCUT2D eigenvalue weighted by atomic mass is 19.4. The van der Waals surface area contributed by atoms with Crippen LogP contribution in [-0.4, -0.2) is 86.6 Å². The van der Waals surface area contributed by atoms with Gasteiger partial charge in [0.25, 0.3) is 5.91 Å². The van der Waals surface area contributed by atoms with E-state index in [1.807, 2.05) is 37.1 Å². The molecule has 12 nitrogen and oxygen atoms in total. The molecule has 0 saturated carbocycles. The number of hydrogen-bond donors (Lipinski definition) is 2. The second kappa shape index (κ2) is 15.8. The van der Waals surface area contributed by atoms with Gasteiger partial charge in [-0.25, -0.2) is 9.97 Å². The van der Waals surface area contributed by atoms with Crippen LogP contribution in [0, 0.1) is 0 Å². The van der Waals surface area contributed by atoms with Gasteiger partial charge in [0.05, 0.1) is 24.3 Å². The zero-order valence-electron chi connectivity index (χ0n) is 30.8. The fourth-order valence-corrected chi connectivity index (χ4v) is 7.74. The predicted octanol–water partition coefficient (Wildman–Crippen LogP) is 5.89. The van der Waals surface area contributed by atoms with Crippen molar-refractivity contribution in [1.29, 1.82) is 0 Å². The quantitative estimate of drug-likeness (QED) is 0.202. The average molecular weight is 760 g/mol. The van der Waals surface area contributed by atoms with Crippen LogP contribution in [0.3, 0.4) is 0 Å². The lowest BCUT2D eigenvalue weighted by Crippen LogP contribution is -2.45. The number of imide groups is 1. The van der Waals surface area contributed by atoms with E-state index < -0.39 is 17.8 Å². The molecule has 3 fully saturated rings. The number of nitrogens with zero attached hydrogens (tertiary/aromatic N) is 5. The van der Waals surface area contributed by atoms with Crippen LogP contribution in [0.4, 0.5) is 18.9 Å². The number of hydrogen-bond acceptors (Lipinski definition) is 8. The Labute approximate surface area is 316 Å². The number of fused-ring (bicyclic) bond motifs is 1. The van der Waals surface area contributed by atoms with Gasteiger partial charge in [0, 0.05) is 43.9 Å². The van der Waals surface area contributed by atoms with E-state index in [0.29, 0.717) is 49.8 Å². The van der Waals surface area contributed by atoms with E-state index in [2.05, 4.69) is 32.7 Å². The van der Waals surface area contributed by atoms with Crippen LogP contribution in [-0.2, 0) is 20.6 Å². The van der Waals surface area contributed by atoms with Crippen molar-refractivity contribution in [1.82, 2.24) is 29.5 Å². The summed E-state index contributed by atoms with van der Waals surface area (Å²) in [5.41, 5.74) is 2.34. The van der Waals surface area contributed by atoms with E-state index in [-0.39, 0.29) is 47.0 Å². The van der Waals surface area contributed by atoms with E-state index in [9.17, 15) is 32.3 Å².